The molecule has 0 unspecified atom stereocenters. The van der Waals surface area contributed by atoms with Crippen molar-refractivity contribution in [1.29, 1.82) is 0 Å². The van der Waals surface area contributed by atoms with Crippen molar-refractivity contribution in [2.24, 2.45) is 0 Å². The SMILES string of the molecule is c1ccc(-c2cc(-c3ccccc3)cc(N3c4ccccc4B4c5ccccc5N(c5cc(-c6ccccc6)cc(-c6ccccc6)c5)c5cc(-c6ccc7c(c6)c6ccccc6n7-c6c(-c7nc(-c8ccccc8)nc(-c8ccccc8)n7)cccc6-c6nc(-c7ccccc7)nc(-c7ccccc7)n6)cc3c54)c2)cc1. The van der Waals surface area contributed by atoms with Crippen LogP contribution < -0.4 is 26.2 Å². The number of hydrogen-bond acceptors (Lipinski definition) is 8. The van der Waals surface area contributed by atoms with Crippen molar-refractivity contribution in [3.8, 4) is 130 Å². The quantitative estimate of drug-likeness (QED) is 0.0995. The van der Waals surface area contributed by atoms with Gasteiger partial charge in [-0.2, -0.15) is 0 Å². The van der Waals surface area contributed by atoms with Crippen molar-refractivity contribution in [2.45, 2.75) is 0 Å². The van der Waals surface area contributed by atoms with Gasteiger partial charge in [-0.1, -0.05) is 309 Å². The summed E-state index contributed by atoms with van der Waals surface area (Å²) in [5, 5.41) is 2.10. The zero-order chi connectivity index (χ0) is 74.0. The molecule has 0 saturated carbocycles. The molecule has 5 heterocycles. The maximum atomic E-state index is 5.48. The summed E-state index contributed by atoms with van der Waals surface area (Å²) in [7, 11) is 0. The predicted octanol–water partition coefficient (Wildman–Crippen LogP) is 23.6. The second-order valence-corrected chi connectivity index (χ2v) is 28.5. The summed E-state index contributed by atoms with van der Waals surface area (Å²) < 4.78 is 2.38. The number of hydrogen-bond donors (Lipinski definition) is 0. The van der Waals surface area contributed by atoms with E-state index in [4.69, 9.17) is 29.9 Å². The fourth-order valence-electron chi connectivity index (χ4n) is 16.7. The highest BCUT2D eigenvalue weighted by Crippen LogP contribution is 2.50. The lowest BCUT2D eigenvalue weighted by Crippen LogP contribution is -2.61. The topological polar surface area (TPSA) is 88.8 Å². The summed E-state index contributed by atoms with van der Waals surface area (Å²) in [6.07, 6.45) is 0. The Morgan fingerprint density at radius 1 is 0.196 bits per heavy atom. The third kappa shape index (κ3) is 11.6. The van der Waals surface area contributed by atoms with E-state index in [-0.39, 0.29) is 6.71 Å². The highest BCUT2D eigenvalue weighted by Gasteiger charge is 2.44. The standard InChI is InChI=1S/C102H66BN9/c1-9-32-67(33-10-1)76-58-77(68-34-11-2-12-35-68)61-81(60-76)110-91-54-29-26-51-87(91)103-88-52-27-30-55-92(88)111(82-62-78(69-36-13-3-14-37-69)59-79(63-82)70-38-15-4-16-39-70)94-66-80(65-93(110)95(94)103)75-56-57-90-86(64-75)83-48-25-28-53-89(83)112(90)96-84(101-106-97(71-40-17-5-18-41-71)104-98(107-101)72-42-19-6-20-43-72)49-31-50-85(96)102-108-99(73-44-21-7-22-45-73)105-100(109-102)74-46-23-8-24-47-74/h1-66H. The number of aromatic nitrogens is 7. The summed E-state index contributed by atoms with van der Waals surface area (Å²) in [6.45, 7) is -0.140. The van der Waals surface area contributed by atoms with Crippen molar-refractivity contribution in [2.75, 3.05) is 9.80 Å². The van der Waals surface area contributed by atoms with Crippen LogP contribution in [0.15, 0.2) is 400 Å². The molecule has 0 aliphatic carbocycles. The van der Waals surface area contributed by atoms with E-state index < -0.39 is 0 Å². The van der Waals surface area contributed by atoms with Gasteiger partial charge in [-0.05, 0) is 163 Å². The van der Waals surface area contributed by atoms with Gasteiger partial charge in [0.15, 0.2) is 34.9 Å². The molecule has 112 heavy (non-hydrogen) atoms. The molecule has 0 spiro atoms. The Bertz CT molecular complexity index is 6230. The van der Waals surface area contributed by atoms with Gasteiger partial charge in [0, 0.05) is 78.3 Å². The number of anilines is 6. The number of para-hydroxylation sites is 4. The molecule has 21 rings (SSSR count). The van der Waals surface area contributed by atoms with Crippen LogP contribution in [0.4, 0.5) is 34.1 Å². The van der Waals surface area contributed by atoms with Crippen LogP contribution in [0.1, 0.15) is 0 Å². The fourth-order valence-corrected chi connectivity index (χ4v) is 16.7. The summed E-state index contributed by atoms with van der Waals surface area (Å²) in [5.41, 5.74) is 29.0. The molecular weight excluding hydrogens is 1360 g/mol. The van der Waals surface area contributed by atoms with Gasteiger partial charge in [0.05, 0.1) is 16.7 Å². The normalized spacial score (nSPS) is 12.1. The van der Waals surface area contributed by atoms with E-state index in [0.717, 1.165) is 151 Å². The van der Waals surface area contributed by atoms with Gasteiger partial charge in [0.1, 0.15) is 0 Å². The first-order valence-corrected chi connectivity index (χ1v) is 37.9. The Balaban J connectivity index is 0.842. The van der Waals surface area contributed by atoms with E-state index in [2.05, 4.69) is 342 Å². The van der Waals surface area contributed by atoms with Crippen LogP contribution in [0.2, 0.25) is 0 Å². The molecule has 3 aromatic heterocycles. The largest absolute Gasteiger partial charge is 0.311 e. The van der Waals surface area contributed by atoms with Crippen molar-refractivity contribution < 1.29 is 0 Å². The number of rotatable bonds is 14. The van der Waals surface area contributed by atoms with Crippen molar-refractivity contribution in [1.82, 2.24) is 34.5 Å². The van der Waals surface area contributed by atoms with E-state index in [9.17, 15) is 0 Å². The zero-order valence-corrected chi connectivity index (χ0v) is 60.7. The number of fused-ring (bicyclic) bond motifs is 7. The van der Waals surface area contributed by atoms with Crippen molar-refractivity contribution in [3.63, 3.8) is 0 Å². The lowest BCUT2D eigenvalue weighted by Gasteiger charge is -2.44. The minimum absolute atomic E-state index is 0.140. The minimum atomic E-state index is -0.140. The van der Waals surface area contributed by atoms with Gasteiger partial charge in [-0.3, -0.25) is 0 Å². The summed E-state index contributed by atoms with van der Waals surface area (Å²) in [5.74, 6) is 3.16. The third-order valence-electron chi connectivity index (χ3n) is 21.8. The molecule has 16 aromatic carbocycles. The molecular formula is C102H66BN9. The first-order chi connectivity index (χ1) is 55.5. The minimum Gasteiger partial charge on any atom is -0.311 e. The Hall–Kier alpha value is -15.0. The maximum absolute atomic E-state index is 5.48. The monoisotopic (exact) mass is 1430 g/mol. The summed E-state index contributed by atoms with van der Waals surface area (Å²) >= 11 is 0. The van der Waals surface area contributed by atoms with Gasteiger partial charge in [-0.15, -0.1) is 0 Å². The predicted molar refractivity (Wildman–Crippen MR) is 461 cm³/mol. The first-order valence-electron chi connectivity index (χ1n) is 37.9. The van der Waals surface area contributed by atoms with E-state index in [1.165, 1.54) is 16.4 Å². The van der Waals surface area contributed by atoms with Crippen molar-refractivity contribution >= 4 is 79.0 Å². The van der Waals surface area contributed by atoms with Crippen LogP contribution in [0.3, 0.4) is 0 Å². The smallest absolute Gasteiger partial charge is 0.252 e. The van der Waals surface area contributed by atoms with E-state index >= 15 is 0 Å². The third-order valence-corrected chi connectivity index (χ3v) is 21.8. The van der Waals surface area contributed by atoms with Crippen LogP contribution in [0.25, 0.3) is 151 Å². The zero-order valence-electron chi connectivity index (χ0n) is 60.7. The van der Waals surface area contributed by atoms with Crippen LogP contribution in [0.5, 0.6) is 0 Å². The van der Waals surface area contributed by atoms with E-state index in [0.29, 0.717) is 34.9 Å². The molecule has 0 fully saturated rings. The van der Waals surface area contributed by atoms with Gasteiger partial charge < -0.3 is 14.4 Å². The second-order valence-electron chi connectivity index (χ2n) is 28.5. The van der Waals surface area contributed by atoms with Gasteiger partial charge >= 0.3 is 0 Å². The Morgan fingerprint density at radius 3 is 0.893 bits per heavy atom. The van der Waals surface area contributed by atoms with Gasteiger partial charge in [-0.25, -0.2) is 29.9 Å². The molecule has 0 amide bonds. The molecule has 0 N–H and O–H groups in total. The molecule has 9 nitrogen and oxygen atoms in total. The molecule has 19 aromatic rings. The lowest BCUT2D eigenvalue weighted by molar-refractivity contribution is 1.05. The van der Waals surface area contributed by atoms with Gasteiger partial charge in [0.2, 0.25) is 0 Å². The number of nitrogens with zero attached hydrogens (tertiary/aromatic N) is 9. The molecule has 522 valence electrons. The molecule has 0 saturated heterocycles. The van der Waals surface area contributed by atoms with Crippen LogP contribution >= 0.6 is 0 Å². The van der Waals surface area contributed by atoms with Crippen LogP contribution in [0, 0.1) is 0 Å². The first kappa shape index (κ1) is 65.3. The van der Waals surface area contributed by atoms with E-state index in [1.807, 2.05) is 72.8 Å². The molecule has 0 radical (unpaired) electrons. The Kier molecular flexibility index (Phi) is 16.1. The highest BCUT2D eigenvalue weighted by atomic mass is 15.2. The summed E-state index contributed by atoms with van der Waals surface area (Å²) in [4.78, 5) is 37.4. The molecule has 2 aliphatic heterocycles. The van der Waals surface area contributed by atoms with Crippen LogP contribution in [-0.2, 0) is 0 Å². The number of benzene rings is 16. The Morgan fingerprint density at radius 2 is 0.509 bits per heavy atom. The van der Waals surface area contributed by atoms with Crippen molar-refractivity contribution in [3.05, 3.63) is 400 Å². The highest BCUT2D eigenvalue weighted by molar-refractivity contribution is 7.00. The molecule has 10 heteroatoms. The average molecular weight is 1430 g/mol. The lowest BCUT2D eigenvalue weighted by atomic mass is 9.33. The second kappa shape index (κ2) is 27.7. The molecule has 0 bridgehead atoms. The average Bonchev–Trinajstić information content (AvgIpc) is 1.59. The summed E-state index contributed by atoms with van der Waals surface area (Å²) in [6, 6.07) is 143. The van der Waals surface area contributed by atoms with Gasteiger partial charge in [0.25, 0.3) is 6.71 Å². The fraction of sp³-hybridized carbons (Fsp3) is 0. The Labute approximate surface area is 649 Å². The van der Waals surface area contributed by atoms with E-state index in [1.54, 1.807) is 0 Å². The molecule has 2 aliphatic rings. The van der Waals surface area contributed by atoms with Crippen LogP contribution in [-0.4, -0.2) is 41.2 Å². The molecule has 0 atom stereocenters. The maximum Gasteiger partial charge on any atom is 0.252 e.